The molecule has 0 radical (unpaired) electrons. The highest BCUT2D eigenvalue weighted by Crippen LogP contribution is 2.52. The van der Waals surface area contributed by atoms with Crippen LogP contribution in [0.25, 0.3) is 66.4 Å². The quantitative estimate of drug-likeness (QED) is 0.135. The van der Waals surface area contributed by atoms with Crippen molar-refractivity contribution in [3.05, 3.63) is 278 Å². The lowest BCUT2D eigenvalue weighted by Gasteiger charge is -2.29. The molecule has 0 spiro atoms. The summed E-state index contributed by atoms with van der Waals surface area (Å²) in [7, 11) is 0. The van der Waals surface area contributed by atoms with Gasteiger partial charge in [0.05, 0.1) is 0 Å². The van der Waals surface area contributed by atoms with Crippen molar-refractivity contribution in [2.45, 2.75) is 19.3 Å². The van der Waals surface area contributed by atoms with E-state index < -0.39 is 0 Å². The predicted octanol–water partition coefficient (Wildman–Crippen LogP) is 18.8. The van der Waals surface area contributed by atoms with Crippen LogP contribution in [0.1, 0.15) is 25.0 Å². The second-order valence-corrected chi connectivity index (χ2v) is 18.6. The Balaban J connectivity index is 0.890. The number of fused-ring (bicyclic) bond motifs is 4. The van der Waals surface area contributed by atoms with Crippen LogP contribution >= 0.6 is 0 Å². The van der Waals surface area contributed by atoms with Gasteiger partial charge >= 0.3 is 0 Å². The van der Waals surface area contributed by atoms with Gasteiger partial charge in [0.1, 0.15) is 0 Å². The Labute approximate surface area is 405 Å². The molecule has 11 aromatic rings. The molecule has 0 amide bonds. The molecule has 11 aromatic carbocycles. The molecule has 0 aliphatic heterocycles. The lowest BCUT2D eigenvalue weighted by Crippen LogP contribution is -2.17. The van der Waals surface area contributed by atoms with E-state index in [1.54, 1.807) is 0 Å². The molecule has 0 aromatic heterocycles. The molecular weight excluding hydrogens is 833 g/mol. The van der Waals surface area contributed by atoms with Crippen molar-refractivity contribution in [2.75, 3.05) is 9.80 Å². The summed E-state index contributed by atoms with van der Waals surface area (Å²) in [6.07, 6.45) is 0. The monoisotopic (exact) mass is 882 g/mol. The van der Waals surface area contributed by atoms with Gasteiger partial charge in [0, 0.05) is 39.5 Å². The highest BCUT2D eigenvalue weighted by molar-refractivity contribution is 5.90. The Morgan fingerprint density at radius 1 is 0.232 bits per heavy atom. The third-order valence-corrected chi connectivity index (χ3v) is 14.1. The molecule has 0 unspecified atom stereocenters. The minimum absolute atomic E-state index is 0.266. The Morgan fingerprint density at radius 2 is 0.536 bits per heavy atom. The molecule has 69 heavy (non-hydrogen) atoms. The van der Waals surface area contributed by atoms with Crippen molar-refractivity contribution < 1.29 is 0 Å². The molecule has 0 N–H and O–H groups in total. The Bertz CT molecular complexity index is 3580. The van der Waals surface area contributed by atoms with Crippen LogP contribution in [-0.4, -0.2) is 0 Å². The standard InChI is InChI=1S/C67H50N2/c1-67(2)65-45-61(68(57-20-10-5-11-21-57)58-36-30-53(31-37-58)51-24-22-50(23-25-51)47-14-6-3-7-15-47)40-42-63(65)64-43-41-62(46-66(64)67)69(59-34-28-52(29-35-59)48-16-8-4-9-17-48)60-38-32-54(33-39-60)56-27-26-49-18-12-13-19-55(49)44-56/h3-46H,1-2H3. The molecule has 2 heteroatoms. The topological polar surface area (TPSA) is 6.48 Å². The van der Waals surface area contributed by atoms with Crippen LogP contribution in [0.3, 0.4) is 0 Å². The summed E-state index contributed by atoms with van der Waals surface area (Å²) >= 11 is 0. The Morgan fingerprint density at radius 3 is 0.971 bits per heavy atom. The van der Waals surface area contributed by atoms with Gasteiger partial charge in [-0.2, -0.15) is 0 Å². The smallest absolute Gasteiger partial charge is 0.0465 e. The van der Waals surface area contributed by atoms with Gasteiger partial charge < -0.3 is 9.80 Å². The fourth-order valence-corrected chi connectivity index (χ4v) is 10.4. The number of para-hydroxylation sites is 1. The van der Waals surface area contributed by atoms with E-state index in [2.05, 4.69) is 291 Å². The molecule has 0 fully saturated rings. The summed E-state index contributed by atoms with van der Waals surface area (Å²) in [6, 6.07) is 97.2. The van der Waals surface area contributed by atoms with Gasteiger partial charge in [-0.05, 0) is 156 Å². The summed E-state index contributed by atoms with van der Waals surface area (Å²) < 4.78 is 0. The maximum absolute atomic E-state index is 2.43. The van der Waals surface area contributed by atoms with Gasteiger partial charge in [-0.1, -0.05) is 202 Å². The number of rotatable bonds is 10. The Hall–Kier alpha value is -8.72. The highest BCUT2D eigenvalue weighted by atomic mass is 15.1. The van der Waals surface area contributed by atoms with E-state index in [0.717, 1.165) is 34.1 Å². The molecule has 12 rings (SSSR count). The molecular formula is C67H50N2. The first-order valence-electron chi connectivity index (χ1n) is 23.9. The number of anilines is 6. The zero-order valence-corrected chi connectivity index (χ0v) is 38.8. The van der Waals surface area contributed by atoms with Crippen LogP contribution in [0.4, 0.5) is 34.1 Å². The fraction of sp³-hybridized carbons (Fsp3) is 0.0448. The zero-order valence-electron chi connectivity index (χ0n) is 38.8. The van der Waals surface area contributed by atoms with Crippen molar-refractivity contribution in [3.63, 3.8) is 0 Å². The normalized spacial score (nSPS) is 12.3. The summed E-state index contributed by atoms with van der Waals surface area (Å²) in [5, 5.41) is 2.50. The molecule has 0 atom stereocenters. The largest absolute Gasteiger partial charge is 0.310 e. The summed E-state index contributed by atoms with van der Waals surface area (Å²) in [5.74, 6) is 0. The molecule has 0 saturated carbocycles. The van der Waals surface area contributed by atoms with E-state index in [1.807, 2.05) is 0 Å². The van der Waals surface area contributed by atoms with Crippen LogP contribution in [0.15, 0.2) is 267 Å². The second kappa shape index (κ2) is 17.5. The van der Waals surface area contributed by atoms with Crippen molar-refractivity contribution in [3.8, 4) is 55.6 Å². The lowest BCUT2D eigenvalue weighted by atomic mass is 9.82. The van der Waals surface area contributed by atoms with Gasteiger partial charge in [0.25, 0.3) is 0 Å². The Kier molecular flexibility index (Phi) is 10.6. The van der Waals surface area contributed by atoms with Crippen molar-refractivity contribution >= 4 is 44.9 Å². The molecule has 328 valence electrons. The van der Waals surface area contributed by atoms with Crippen LogP contribution in [0.5, 0.6) is 0 Å². The molecule has 1 aliphatic carbocycles. The number of hydrogen-bond acceptors (Lipinski definition) is 2. The van der Waals surface area contributed by atoms with Gasteiger partial charge in [-0.3, -0.25) is 0 Å². The van der Waals surface area contributed by atoms with E-state index >= 15 is 0 Å². The maximum Gasteiger partial charge on any atom is 0.0465 e. The maximum atomic E-state index is 2.43. The zero-order chi connectivity index (χ0) is 46.3. The number of benzene rings is 11. The van der Waals surface area contributed by atoms with Crippen molar-refractivity contribution in [1.29, 1.82) is 0 Å². The molecule has 0 bridgehead atoms. The number of hydrogen-bond donors (Lipinski definition) is 0. The van der Waals surface area contributed by atoms with Crippen LogP contribution in [-0.2, 0) is 5.41 Å². The summed E-state index contributed by atoms with van der Waals surface area (Å²) in [5.41, 5.74) is 21.3. The second-order valence-electron chi connectivity index (χ2n) is 18.6. The molecule has 0 heterocycles. The first kappa shape index (κ1) is 41.7. The average Bonchev–Trinajstić information content (AvgIpc) is 3.64. The van der Waals surface area contributed by atoms with Crippen LogP contribution < -0.4 is 9.80 Å². The van der Waals surface area contributed by atoms with E-state index in [9.17, 15) is 0 Å². The first-order valence-corrected chi connectivity index (χ1v) is 23.9. The predicted molar refractivity (Wildman–Crippen MR) is 293 cm³/mol. The third-order valence-electron chi connectivity index (χ3n) is 14.1. The lowest BCUT2D eigenvalue weighted by molar-refractivity contribution is 0.660. The minimum Gasteiger partial charge on any atom is -0.310 e. The van der Waals surface area contributed by atoms with Gasteiger partial charge in [0.2, 0.25) is 0 Å². The van der Waals surface area contributed by atoms with E-state index in [0.29, 0.717) is 0 Å². The van der Waals surface area contributed by atoms with Gasteiger partial charge in [0.15, 0.2) is 0 Å². The van der Waals surface area contributed by atoms with Crippen molar-refractivity contribution in [2.24, 2.45) is 0 Å². The SMILES string of the molecule is CC1(C)c2cc(N(c3ccccc3)c3ccc(-c4ccc(-c5ccccc5)cc4)cc3)ccc2-c2ccc(N(c3ccc(-c4ccccc4)cc3)c3ccc(-c4ccc5ccccc5c4)cc3)cc21. The highest BCUT2D eigenvalue weighted by Gasteiger charge is 2.37. The van der Waals surface area contributed by atoms with E-state index in [4.69, 9.17) is 0 Å². The van der Waals surface area contributed by atoms with Gasteiger partial charge in [-0.25, -0.2) is 0 Å². The minimum atomic E-state index is -0.266. The third kappa shape index (κ3) is 7.86. The van der Waals surface area contributed by atoms with Gasteiger partial charge in [-0.15, -0.1) is 0 Å². The molecule has 0 saturated heterocycles. The van der Waals surface area contributed by atoms with E-state index in [-0.39, 0.29) is 5.41 Å². The summed E-state index contributed by atoms with van der Waals surface area (Å²) in [4.78, 5) is 4.79. The number of nitrogens with zero attached hydrogens (tertiary/aromatic N) is 2. The van der Waals surface area contributed by atoms with E-state index in [1.165, 1.54) is 77.5 Å². The molecule has 2 nitrogen and oxygen atoms in total. The molecule has 1 aliphatic rings. The average molecular weight is 883 g/mol. The summed E-state index contributed by atoms with van der Waals surface area (Å²) in [6.45, 7) is 4.76. The van der Waals surface area contributed by atoms with Crippen molar-refractivity contribution in [1.82, 2.24) is 0 Å². The fourth-order valence-electron chi connectivity index (χ4n) is 10.4. The van der Waals surface area contributed by atoms with Crippen LogP contribution in [0, 0.1) is 0 Å². The van der Waals surface area contributed by atoms with Crippen LogP contribution in [0.2, 0.25) is 0 Å². The first-order chi connectivity index (χ1) is 33.9.